The lowest BCUT2D eigenvalue weighted by molar-refractivity contribution is -0.127. The number of benzene rings is 1. The molecule has 5 heteroatoms. The Kier molecular flexibility index (Phi) is 4.96. The van der Waals surface area contributed by atoms with Crippen LogP contribution in [0.15, 0.2) is 30.3 Å². The topological polar surface area (TPSA) is 70.2 Å². The average Bonchev–Trinajstić information content (AvgIpc) is 3.27. The molecule has 124 valence electrons. The van der Waals surface area contributed by atoms with Crippen LogP contribution in [-0.4, -0.2) is 30.9 Å². The Labute approximate surface area is 137 Å². The fourth-order valence-electron chi connectivity index (χ4n) is 3.35. The van der Waals surface area contributed by atoms with Crippen molar-refractivity contribution in [2.75, 3.05) is 7.05 Å². The summed E-state index contributed by atoms with van der Waals surface area (Å²) >= 11 is 0. The molecule has 0 saturated heterocycles. The Hall–Kier alpha value is -1.88. The van der Waals surface area contributed by atoms with Gasteiger partial charge in [0, 0.05) is 19.1 Å². The number of nitrogens with one attached hydrogen (secondary N) is 3. The molecular formula is C18H25N3O2. The highest BCUT2D eigenvalue weighted by molar-refractivity contribution is 5.84. The summed E-state index contributed by atoms with van der Waals surface area (Å²) in [6.07, 6.45) is 4.96. The number of hydrogen-bond donors (Lipinski definition) is 3. The zero-order valence-corrected chi connectivity index (χ0v) is 13.5. The molecule has 0 spiro atoms. The predicted octanol–water partition coefficient (Wildman–Crippen LogP) is 1.51. The summed E-state index contributed by atoms with van der Waals surface area (Å²) in [6.45, 7) is 0. The van der Waals surface area contributed by atoms with Crippen LogP contribution in [0, 0.1) is 5.92 Å². The van der Waals surface area contributed by atoms with E-state index in [1.165, 1.54) is 0 Å². The van der Waals surface area contributed by atoms with Gasteiger partial charge in [0.1, 0.15) is 6.04 Å². The van der Waals surface area contributed by atoms with Gasteiger partial charge >= 0.3 is 0 Å². The van der Waals surface area contributed by atoms with E-state index in [1.54, 1.807) is 7.05 Å². The fraction of sp³-hybridized carbons (Fsp3) is 0.556. The first kappa shape index (κ1) is 16.0. The van der Waals surface area contributed by atoms with Crippen LogP contribution < -0.4 is 16.0 Å². The number of hydrogen-bond acceptors (Lipinski definition) is 3. The summed E-state index contributed by atoms with van der Waals surface area (Å²) in [5.41, 5.74) is 0.952. The molecule has 2 aliphatic carbocycles. The van der Waals surface area contributed by atoms with Gasteiger partial charge in [-0.3, -0.25) is 14.9 Å². The van der Waals surface area contributed by atoms with Gasteiger partial charge in [-0.2, -0.15) is 0 Å². The van der Waals surface area contributed by atoms with Crippen LogP contribution in [0.4, 0.5) is 0 Å². The Morgan fingerprint density at radius 1 is 1.09 bits per heavy atom. The molecule has 0 heterocycles. The zero-order chi connectivity index (χ0) is 16.2. The molecule has 0 aliphatic heterocycles. The molecule has 2 saturated carbocycles. The van der Waals surface area contributed by atoms with Crippen molar-refractivity contribution < 1.29 is 9.59 Å². The van der Waals surface area contributed by atoms with E-state index in [0.29, 0.717) is 6.04 Å². The molecule has 0 aromatic heterocycles. The van der Waals surface area contributed by atoms with Crippen molar-refractivity contribution in [3.63, 3.8) is 0 Å². The summed E-state index contributed by atoms with van der Waals surface area (Å²) < 4.78 is 0. The Morgan fingerprint density at radius 2 is 1.83 bits per heavy atom. The third-order valence-corrected chi connectivity index (χ3v) is 4.80. The van der Waals surface area contributed by atoms with Gasteiger partial charge in [0.2, 0.25) is 11.8 Å². The van der Waals surface area contributed by atoms with Crippen molar-refractivity contribution in [2.24, 2.45) is 5.92 Å². The lowest BCUT2D eigenvalue weighted by Gasteiger charge is -2.26. The Bertz CT molecular complexity index is 557. The van der Waals surface area contributed by atoms with Crippen molar-refractivity contribution in [1.82, 2.24) is 16.0 Å². The molecule has 2 amide bonds. The van der Waals surface area contributed by atoms with Gasteiger partial charge in [0.05, 0.1) is 5.92 Å². The first-order valence-corrected chi connectivity index (χ1v) is 8.52. The van der Waals surface area contributed by atoms with Crippen molar-refractivity contribution in [3.05, 3.63) is 35.9 Å². The predicted molar refractivity (Wildman–Crippen MR) is 88.7 cm³/mol. The highest BCUT2D eigenvalue weighted by Gasteiger charge is 2.36. The Balaban J connectivity index is 1.75. The van der Waals surface area contributed by atoms with Crippen molar-refractivity contribution in [3.8, 4) is 0 Å². The molecular weight excluding hydrogens is 290 g/mol. The molecule has 3 atom stereocenters. The normalized spacial score (nSPS) is 24.9. The fourth-order valence-corrected chi connectivity index (χ4v) is 3.35. The van der Waals surface area contributed by atoms with Gasteiger partial charge in [0.25, 0.3) is 0 Å². The summed E-state index contributed by atoms with van der Waals surface area (Å²) in [4.78, 5) is 24.7. The minimum absolute atomic E-state index is 0.0151. The van der Waals surface area contributed by atoms with Crippen LogP contribution in [0.2, 0.25) is 0 Å². The molecule has 2 fully saturated rings. The van der Waals surface area contributed by atoms with Gasteiger partial charge < -0.3 is 10.6 Å². The largest absolute Gasteiger partial charge is 0.359 e. The lowest BCUT2D eigenvalue weighted by Crippen LogP contribution is -2.47. The van der Waals surface area contributed by atoms with Gasteiger partial charge in [-0.1, -0.05) is 36.8 Å². The number of carbonyl (C=O) groups excluding carboxylic acids is 2. The third kappa shape index (κ3) is 3.91. The number of rotatable bonds is 6. The number of carbonyl (C=O) groups is 2. The van der Waals surface area contributed by atoms with E-state index >= 15 is 0 Å². The standard InChI is InChI=1S/C18H25N3O2/c1-19-17(22)14-8-5-9-15(14)21-16(12-6-3-2-4-7-12)18(23)20-13-10-11-13/h2-4,6-7,13-16,21H,5,8-11H2,1H3,(H,19,22)(H,20,23)/t14-,15-,16+/m1/s1. The molecule has 0 bridgehead atoms. The van der Waals surface area contributed by atoms with E-state index in [-0.39, 0.29) is 23.8 Å². The van der Waals surface area contributed by atoms with E-state index in [2.05, 4.69) is 16.0 Å². The van der Waals surface area contributed by atoms with E-state index in [4.69, 9.17) is 0 Å². The second kappa shape index (κ2) is 7.13. The highest BCUT2D eigenvalue weighted by Crippen LogP contribution is 2.29. The van der Waals surface area contributed by atoms with Crippen molar-refractivity contribution in [1.29, 1.82) is 0 Å². The van der Waals surface area contributed by atoms with E-state index in [9.17, 15) is 9.59 Å². The smallest absolute Gasteiger partial charge is 0.241 e. The maximum absolute atomic E-state index is 12.7. The molecule has 23 heavy (non-hydrogen) atoms. The van der Waals surface area contributed by atoms with E-state index < -0.39 is 6.04 Å². The van der Waals surface area contributed by atoms with Crippen LogP contribution in [0.3, 0.4) is 0 Å². The molecule has 3 N–H and O–H groups in total. The van der Waals surface area contributed by atoms with E-state index in [0.717, 1.165) is 37.7 Å². The van der Waals surface area contributed by atoms with Crippen LogP contribution in [0.1, 0.15) is 43.7 Å². The second-order valence-corrected chi connectivity index (χ2v) is 6.55. The molecule has 3 rings (SSSR count). The summed E-state index contributed by atoms with van der Waals surface area (Å²) in [6, 6.07) is 9.74. The zero-order valence-electron chi connectivity index (χ0n) is 13.5. The lowest BCUT2D eigenvalue weighted by atomic mass is 9.99. The molecule has 5 nitrogen and oxygen atoms in total. The molecule has 0 unspecified atom stereocenters. The minimum atomic E-state index is -0.396. The SMILES string of the molecule is CNC(=O)[C@@H]1CCC[C@H]1N[C@H](C(=O)NC1CC1)c1ccccc1. The monoisotopic (exact) mass is 315 g/mol. The molecule has 1 aromatic rings. The van der Waals surface area contributed by atoms with Gasteiger partial charge in [-0.15, -0.1) is 0 Å². The van der Waals surface area contributed by atoms with Crippen molar-refractivity contribution in [2.45, 2.75) is 50.2 Å². The van der Waals surface area contributed by atoms with Crippen LogP contribution >= 0.6 is 0 Å². The first-order chi connectivity index (χ1) is 11.2. The maximum atomic E-state index is 12.7. The molecule has 1 aromatic carbocycles. The first-order valence-electron chi connectivity index (χ1n) is 8.52. The van der Waals surface area contributed by atoms with Gasteiger partial charge in [-0.25, -0.2) is 0 Å². The summed E-state index contributed by atoms with van der Waals surface area (Å²) in [5.74, 6) is 0.0237. The molecule has 0 radical (unpaired) electrons. The van der Waals surface area contributed by atoms with E-state index in [1.807, 2.05) is 30.3 Å². The van der Waals surface area contributed by atoms with Gasteiger partial charge in [0.15, 0.2) is 0 Å². The third-order valence-electron chi connectivity index (χ3n) is 4.80. The Morgan fingerprint density at radius 3 is 2.48 bits per heavy atom. The minimum Gasteiger partial charge on any atom is -0.359 e. The number of amides is 2. The van der Waals surface area contributed by atoms with Crippen LogP contribution in [-0.2, 0) is 9.59 Å². The highest BCUT2D eigenvalue weighted by atomic mass is 16.2. The average molecular weight is 315 g/mol. The second-order valence-electron chi connectivity index (χ2n) is 6.55. The van der Waals surface area contributed by atoms with Crippen LogP contribution in [0.25, 0.3) is 0 Å². The van der Waals surface area contributed by atoms with Crippen LogP contribution in [0.5, 0.6) is 0 Å². The van der Waals surface area contributed by atoms with Crippen molar-refractivity contribution >= 4 is 11.8 Å². The quantitative estimate of drug-likeness (QED) is 0.745. The van der Waals surface area contributed by atoms with Gasteiger partial charge in [-0.05, 0) is 31.2 Å². The molecule has 2 aliphatic rings. The summed E-state index contributed by atoms with van der Waals surface area (Å²) in [7, 11) is 1.67. The maximum Gasteiger partial charge on any atom is 0.241 e. The summed E-state index contributed by atoms with van der Waals surface area (Å²) in [5, 5.41) is 9.28.